The first-order chi connectivity index (χ1) is 18.2. The summed E-state index contributed by atoms with van der Waals surface area (Å²) in [7, 11) is 0. The predicted molar refractivity (Wildman–Crippen MR) is 163 cm³/mol. The largest absolute Gasteiger partial charge is 0.346 e. The average Bonchev–Trinajstić information content (AvgIpc) is 2.90. The molecule has 3 heteroatoms. The van der Waals surface area contributed by atoms with Crippen LogP contribution < -0.4 is 5.32 Å². The van der Waals surface area contributed by atoms with Gasteiger partial charge >= 0.3 is 0 Å². The summed E-state index contributed by atoms with van der Waals surface area (Å²) in [5.41, 5.74) is 0. The fraction of sp³-hybridized carbons (Fsp3) is 0.882. The summed E-state index contributed by atoms with van der Waals surface area (Å²) in [6.45, 7) is 4.55. The minimum Gasteiger partial charge on any atom is -0.346 e. The Labute approximate surface area is 232 Å². The van der Waals surface area contributed by atoms with Crippen LogP contribution in [0, 0.1) is 0 Å². The topological polar surface area (TPSA) is 46.2 Å². The summed E-state index contributed by atoms with van der Waals surface area (Å²) >= 11 is 0. The van der Waals surface area contributed by atoms with Crippen molar-refractivity contribution < 1.29 is 9.59 Å². The van der Waals surface area contributed by atoms with Crippen molar-refractivity contribution in [3.8, 4) is 0 Å². The van der Waals surface area contributed by atoms with Crippen molar-refractivity contribution in [3.63, 3.8) is 0 Å². The maximum absolute atomic E-state index is 12.2. The Morgan fingerprint density at radius 2 is 0.919 bits per heavy atom. The van der Waals surface area contributed by atoms with Crippen LogP contribution >= 0.6 is 0 Å². The number of hydrogen-bond acceptors (Lipinski definition) is 2. The van der Waals surface area contributed by atoms with Gasteiger partial charge in [-0.15, -0.1) is 0 Å². The fourth-order valence-electron chi connectivity index (χ4n) is 5.02. The smallest absolute Gasteiger partial charge is 0.220 e. The number of nitrogens with one attached hydrogen (secondary N) is 1. The van der Waals surface area contributed by atoms with E-state index in [2.05, 4.69) is 31.3 Å². The second-order valence-corrected chi connectivity index (χ2v) is 11.3. The molecular weight excluding hydrogens is 454 g/mol. The molecule has 0 aromatic carbocycles. The zero-order valence-corrected chi connectivity index (χ0v) is 25.2. The highest BCUT2D eigenvalue weighted by molar-refractivity contribution is 5.79. The van der Waals surface area contributed by atoms with Crippen molar-refractivity contribution in [2.75, 3.05) is 0 Å². The normalized spacial score (nSPS) is 12.3. The van der Waals surface area contributed by atoms with Gasteiger partial charge in [0.15, 0.2) is 0 Å². The van der Waals surface area contributed by atoms with Crippen LogP contribution in [-0.2, 0) is 9.59 Å². The van der Waals surface area contributed by atoms with Gasteiger partial charge in [0.2, 0.25) is 5.91 Å². The third-order valence-corrected chi connectivity index (χ3v) is 7.55. The van der Waals surface area contributed by atoms with E-state index in [1.165, 1.54) is 141 Å². The molecule has 0 aliphatic rings. The molecule has 1 atom stereocenters. The summed E-state index contributed by atoms with van der Waals surface area (Å²) in [4.78, 5) is 23.5. The molecule has 0 saturated heterocycles. The maximum atomic E-state index is 12.2. The summed E-state index contributed by atoms with van der Waals surface area (Å²) in [5.74, 6) is 0.0268. The van der Waals surface area contributed by atoms with E-state index in [0.717, 1.165) is 25.5 Å². The SMILES string of the molecule is CCCCCCCCCCCCC/C=C/CC(C=O)NC(=O)CCCCCCCCCCCCCCC. The predicted octanol–water partition coefficient (Wildman–Crippen LogP) is 10.8. The number of allylic oxidation sites excluding steroid dienone is 1. The third-order valence-electron chi connectivity index (χ3n) is 7.55. The highest BCUT2D eigenvalue weighted by atomic mass is 16.2. The van der Waals surface area contributed by atoms with E-state index in [1.54, 1.807) is 0 Å². The lowest BCUT2D eigenvalue weighted by atomic mass is 10.0. The van der Waals surface area contributed by atoms with Gasteiger partial charge in [0, 0.05) is 6.42 Å². The van der Waals surface area contributed by atoms with Crippen LogP contribution in [0.5, 0.6) is 0 Å². The van der Waals surface area contributed by atoms with Crippen LogP contribution in [0.15, 0.2) is 12.2 Å². The van der Waals surface area contributed by atoms with Crippen LogP contribution in [0.4, 0.5) is 0 Å². The zero-order chi connectivity index (χ0) is 27.1. The number of carbonyl (C=O) groups is 2. The molecule has 1 N–H and O–H groups in total. The molecule has 218 valence electrons. The lowest BCUT2D eigenvalue weighted by molar-refractivity contribution is -0.124. The third kappa shape index (κ3) is 29.3. The molecule has 0 aromatic heterocycles. The fourth-order valence-corrected chi connectivity index (χ4v) is 5.02. The monoisotopic (exact) mass is 520 g/mol. The Morgan fingerprint density at radius 3 is 1.32 bits per heavy atom. The minimum atomic E-state index is -0.372. The molecule has 0 bridgehead atoms. The molecule has 0 spiro atoms. The average molecular weight is 520 g/mol. The molecule has 37 heavy (non-hydrogen) atoms. The van der Waals surface area contributed by atoms with Gasteiger partial charge in [-0.1, -0.05) is 167 Å². The molecule has 0 aliphatic heterocycles. The number of aldehydes is 1. The van der Waals surface area contributed by atoms with Crippen molar-refractivity contribution in [2.45, 2.75) is 193 Å². The van der Waals surface area contributed by atoms with Crippen LogP contribution in [0.3, 0.4) is 0 Å². The van der Waals surface area contributed by atoms with Crippen molar-refractivity contribution in [1.29, 1.82) is 0 Å². The first-order valence-corrected chi connectivity index (χ1v) is 16.6. The van der Waals surface area contributed by atoms with E-state index in [1.807, 2.05) is 0 Å². The number of unbranched alkanes of at least 4 members (excludes halogenated alkanes) is 23. The van der Waals surface area contributed by atoms with E-state index in [9.17, 15) is 9.59 Å². The van der Waals surface area contributed by atoms with Gasteiger partial charge < -0.3 is 10.1 Å². The van der Waals surface area contributed by atoms with Crippen LogP contribution in [0.1, 0.15) is 187 Å². The van der Waals surface area contributed by atoms with Gasteiger partial charge in [-0.25, -0.2) is 0 Å². The molecular formula is C34H65NO2. The molecule has 3 nitrogen and oxygen atoms in total. The number of hydrogen-bond donors (Lipinski definition) is 1. The Bertz CT molecular complexity index is 502. The molecule has 1 unspecified atom stereocenters. The lowest BCUT2D eigenvalue weighted by Crippen LogP contribution is -2.35. The van der Waals surface area contributed by atoms with Crippen molar-refractivity contribution in [3.05, 3.63) is 12.2 Å². The van der Waals surface area contributed by atoms with Gasteiger partial charge in [-0.3, -0.25) is 4.79 Å². The Hall–Kier alpha value is -1.12. The summed E-state index contributed by atoms with van der Waals surface area (Å²) in [6.07, 6.45) is 39.4. The second kappa shape index (κ2) is 31.1. The van der Waals surface area contributed by atoms with E-state index < -0.39 is 0 Å². The van der Waals surface area contributed by atoms with Crippen molar-refractivity contribution >= 4 is 12.2 Å². The van der Waals surface area contributed by atoms with Crippen LogP contribution in [0.25, 0.3) is 0 Å². The van der Waals surface area contributed by atoms with Crippen LogP contribution in [-0.4, -0.2) is 18.2 Å². The van der Waals surface area contributed by atoms with Gasteiger partial charge in [0.05, 0.1) is 6.04 Å². The van der Waals surface area contributed by atoms with E-state index in [4.69, 9.17) is 0 Å². The molecule has 0 aliphatic carbocycles. The highest BCUT2D eigenvalue weighted by Crippen LogP contribution is 2.14. The first-order valence-electron chi connectivity index (χ1n) is 16.6. The summed E-state index contributed by atoms with van der Waals surface area (Å²) < 4.78 is 0. The summed E-state index contributed by atoms with van der Waals surface area (Å²) in [5, 5.41) is 2.90. The van der Waals surface area contributed by atoms with Gasteiger partial charge in [-0.05, 0) is 25.7 Å². The van der Waals surface area contributed by atoms with E-state index >= 15 is 0 Å². The summed E-state index contributed by atoms with van der Waals surface area (Å²) in [6, 6.07) is -0.372. The molecule has 0 radical (unpaired) electrons. The van der Waals surface area contributed by atoms with Crippen molar-refractivity contribution in [2.24, 2.45) is 0 Å². The Kier molecular flexibility index (Phi) is 30.2. The standard InChI is InChI=1S/C34H65NO2/c1-3-5-7-9-11-13-15-17-19-20-22-24-26-28-30-33(32-36)35-34(37)31-29-27-25-23-21-18-16-14-12-10-8-6-4-2/h26,28,32-33H,3-25,27,29-31H2,1-2H3,(H,35,37)/b28-26+. The quantitative estimate of drug-likeness (QED) is 0.0582. The second-order valence-electron chi connectivity index (χ2n) is 11.3. The Morgan fingerprint density at radius 1 is 0.541 bits per heavy atom. The minimum absolute atomic E-state index is 0.0268. The zero-order valence-electron chi connectivity index (χ0n) is 25.2. The molecule has 0 rings (SSSR count). The highest BCUT2D eigenvalue weighted by Gasteiger charge is 2.09. The first kappa shape index (κ1) is 35.9. The van der Waals surface area contributed by atoms with Gasteiger partial charge in [0.25, 0.3) is 0 Å². The number of amides is 1. The lowest BCUT2D eigenvalue weighted by Gasteiger charge is -2.10. The number of carbonyl (C=O) groups excluding carboxylic acids is 2. The maximum Gasteiger partial charge on any atom is 0.220 e. The van der Waals surface area contributed by atoms with E-state index in [0.29, 0.717) is 12.8 Å². The van der Waals surface area contributed by atoms with Gasteiger partial charge in [0.1, 0.15) is 6.29 Å². The van der Waals surface area contributed by atoms with E-state index in [-0.39, 0.29) is 11.9 Å². The Balaban J connectivity index is 3.49. The molecule has 0 aromatic rings. The van der Waals surface area contributed by atoms with Crippen LogP contribution in [0.2, 0.25) is 0 Å². The molecule has 0 heterocycles. The van der Waals surface area contributed by atoms with Gasteiger partial charge in [-0.2, -0.15) is 0 Å². The number of rotatable bonds is 30. The molecule has 0 fully saturated rings. The molecule has 1 amide bonds. The molecule has 0 saturated carbocycles. The van der Waals surface area contributed by atoms with Crippen molar-refractivity contribution in [1.82, 2.24) is 5.32 Å².